The van der Waals surface area contributed by atoms with Crippen LogP contribution in [-0.4, -0.2) is 20.6 Å². The molecule has 2 aromatic rings. The van der Waals surface area contributed by atoms with E-state index in [-0.39, 0.29) is 6.42 Å². The predicted molar refractivity (Wildman–Crippen MR) is 64.4 cm³/mol. The summed E-state index contributed by atoms with van der Waals surface area (Å²) in [6, 6.07) is 6.09. The summed E-state index contributed by atoms with van der Waals surface area (Å²) in [5, 5.41) is 8.68. The molecule has 4 nitrogen and oxygen atoms in total. The van der Waals surface area contributed by atoms with Crippen LogP contribution in [0.4, 0.5) is 0 Å². The second kappa shape index (κ2) is 4.41. The first-order chi connectivity index (χ1) is 8.06. The van der Waals surface area contributed by atoms with Crippen LogP contribution in [0.25, 0.3) is 5.69 Å². The number of carbonyl (C=O) groups is 1. The number of carboxylic acids is 1. The molecule has 17 heavy (non-hydrogen) atoms. The van der Waals surface area contributed by atoms with Gasteiger partial charge in [-0.05, 0) is 37.1 Å². The van der Waals surface area contributed by atoms with Crippen LogP contribution in [0.3, 0.4) is 0 Å². The van der Waals surface area contributed by atoms with Crippen molar-refractivity contribution in [1.82, 2.24) is 9.55 Å². The fourth-order valence-corrected chi connectivity index (χ4v) is 1.64. The standard InChI is InChI=1S/C13H14N2O2/c1-9-3-4-12(5-10(9)2)15-7-11(14-8-15)6-13(16)17/h3-5,7-8H,6H2,1-2H3,(H,16,17). The minimum atomic E-state index is -0.865. The molecule has 1 aromatic carbocycles. The highest BCUT2D eigenvalue weighted by atomic mass is 16.4. The lowest BCUT2D eigenvalue weighted by Gasteiger charge is -2.05. The van der Waals surface area contributed by atoms with Gasteiger partial charge in [0.1, 0.15) is 0 Å². The Labute approximate surface area is 99.5 Å². The van der Waals surface area contributed by atoms with Crippen LogP contribution in [-0.2, 0) is 11.2 Å². The van der Waals surface area contributed by atoms with Gasteiger partial charge in [-0.3, -0.25) is 4.79 Å². The predicted octanol–water partition coefficient (Wildman–Crippen LogP) is 2.12. The molecule has 1 N–H and O–H groups in total. The molecule has 0 fully saturated rings. The maximum atomic E-state index is 10.6. The van der Waals surface area contributed by atoms with Gasteiger partial charge >= 0.3 is 5.97 Å². The molecule has 0 unspecified atom stereocenters. The number of aromatic nitrogens is 2. The summed E-state index contributed by atoms with van der Waals surface area (Å²) < 4.78 is 1.84. The van der Waals surface area contributed by atoms with Gasteiger partial charge in [-0.2, -0.15) is 0 Å². The van der Waals surface area contributed by atoms with Gasteiger partial charge in [0.05, 0.1) is 18.4 Å². The number of aliphatic carboxylic acids is 1. The zero-order valence-corrected chi connectivity index (χ0v) is 9.84. The van der Waals surface area contributed by atoms with Crippen molar-refractivity contribution >= 4 is 5.97 Å². The average Bonchev–Trinajstić information content (AvgIpc) is 2.69. The Morgan fingerprint density at radius 1 is 1.35 bits per heavy atom. The van der Waals surface area contributed by atoms with Crippen molar-refractivity contribution in [2.45, 2.75) is 20.3 Å². The molecular formula is C13H14N2O2. The highest BCUT2D eigenvalue weighted by molar-refractivity contribution is 5.69. The first kappa shape index (κ1) is 11.4. The van der Waals surface area contributed by atoms with Crippen molar-refractivity contribution in [2.75, 3.05) is 0 Å². The lowest BCUT2D eigenvalue weighted by atomic mass is 10.1. The van der Waals surface area contributed by atoms with Crippen LogP contribution in [0.2, 0.25) is 0 Å². The lowest BCUT2D eigenvalue weighted by Crippen LogP contribution is -2.00. The van der Waals surface area contributed by atoms with Crippen LogP contribution in [0.15, 0.2) is 30.7 Å². The molecule has 0 saturated carbocycles. The zero-order valence-electron chi connectivity index (χ0n) is 9.84. The molecule has 0 spiro atoms. The quantitative estimate of drug-likeness (QED) is 0.878. The minimum Gasteiger partial charge on any atom is -0.481 e. The zero-order chi connectivity index (χ0) is 12.4. The van der Waals surface area contributed by atoms with Gasteiger partial charge in [0.15, 0.2) is 0 Å². The number of nitrogens with zero attached hydrogens (tertiary/aromatic N) is 2. The van der Waals surface area contributed by atoms with E-state index in [0.717, 1.165) is 5.69 Å². The highest BCUT2D eigenvalue weighted by Crippen LogP contribution is 2.14. The lowest BCUT2D eigenvalue weighted by molar-refractivity contribution is -0.136. The molecule has 0 radical (unpaired) electrons. The number of hydrogen-bond donors (Lipinski definition) is 1. The van der Waals surface area contributed by atoms with Crippen molar-refractivity contribution in [2.24, 2.45) is 0 Å². The van der Waals surface area contributed by atoms with Crippen molar-refractivity contribution in [3.05, 3.63) is 47.5 Å². The van der Waals surface area contributed by atoms with Crippen molar-refractivity contribution in [3.63, 3.8) is 0 Å². The van der Waals surface area contributed by atoms with E-state index in [1.54, 1.807) is 12.5 Å². The van der Waals surface area contributed by atoms with Gasteiger partial charge < -0.3 is 9.67 Å². The summed E-state index contributed by atoms with van der Waals surface area (Å²) in [5.41, 5.74) is 4.00. The molecule has 0 amide bonds. The largest absolute Gasteiger partial charge is 0.481 e. The second-order valence-corrected chi connectivity index (χ2v) is 4.11. The van der Waals surface area contributed by atoms with Crippen LogP contribution >= 0.6 is 0 Å². The van der Waals surface area contributed by atoms with Gasteiger partial charge in [0.25, 0.3) is 0 Å². The third-order valence-corrected chi connectivity index (χ3v) is 2.76. The smallest absolute Gasteiger partial charge is 0.309 e. The molecule has 0 atom stereocenters. The normalized spacial score (nSPS) is 10.5. The first-order valence-corrected chi connectivity index (χ1v) is 5.38. The van der Waals surface area contributed by atoms with E-state index in [9.17, 15) is 4.79 Å². The Hall–Kier alpha value is -2.10. The van der Waals surface area contributed by atoms with Crippen molar-refractivity contribution in [3.8, 4) is 5.69 Å². The third-order valence-electron chi connectivity index (χ3n) is 2.76. The molecule has 0 saturated heterocycles. The number of carboxylic acid groups (broad SMARTS) is 1. The fraction of sp³-hybridized carbons (Fsp3) is 0.231. The van der Waals surface area contributed by atoms with Gasteiger partial charge in [0.2, 0.25) is 0 Å². The van der Waals surface area contributed by atoms with E-state index < -0.39 is 5.97 Å². The van der Waals surface area contributed by atoms with Crippen molar-refractivity contribution < 1.29 is 9.90 Å². The van der Waals surface area contributed by atoms with Crippen molar-refractivity contribution in [1.29, 1.82) is 0 Å². The first-order valence-electron chi connectivity index (χ1n) is 5.38. The topological polar surface area (TPSA) is 55.1 Å². The molecule has 0 bridgehead atoms. The molecule has 0 aliphatic rings. The van der Waals surface area contributed by atoms with Gasteiger partial charge in [-0.15, -0.1) is 0 Å². The van der Waals surface area contributed by atoms with Gasteiger partial charge in [-0.25, -0.2) is 4.98 Å². The van der Waals surface area contributed by atoms with Gasteiger partial charge in [0, 0.05) is 11.9 Å². The maximum absolute atomic E-state index is 10.6. The Bertz CT molecular complexity index is 558. The van der Waals surface area contributed by atoms with E-state index in [4.69, 9.17) is 5.11 Å². The Morgan fingerprint density at radius 2 is 2.12 bits per heavy atom. The number of rotatable bonds is 3. The maximum Gasteiger partial charge on any atom is 0.309 e. The molecule has 88 valence electrons. The van der Waals surface area contributed by atoms with E-state index in [1.165, 1.54) is 11.1 Å². The van der Waals surface area contributed by atoms with Crippen LogP contribution in [0, 0.1) is 13.8 Å². The van der Waals surface area contributed by atoms with E-state index >= 15 is 0 Å². The summed E-state index contributed by atoms with van der Waals surface area (Å²) in [5.74, 6) is -0.865. The number of aryl methyl sites for hydroxylation is 2. The summed E-state index contributed by atoms with van der Waals surface area (Å²) >= 11 is 0. The van der Waals surface area contributed by atoms with Gasteiger partial charge in [-0.1, -0.05) is 6.07 Å². The summed E-state index contributed by atoms with van der Waals surface area (Å²) in [4.78, 5) is 14.6. The average molecular weight is 230 g/mol. The van der Waals surface area contributed by atoms with E-state index in [1.807, 2.05) is 23.6 Å². The number of hydrogen-bond acceptors (Lipinski definition) is 2. The summed E-state index contributed by atoms with van der Waals surface area (Å²) in [6.45, 7) is 4.11. The van der Waals surface area contributed by atoms with Crippen LogP contribution < -0.4 is 0 Å². The third kappa shape index (κ3) is 2.53. The summed E-state index contributed by atoms with van der Waals surface area (Å²) in [6.07, 6.45) is 3.35. The Balaban J connectivity index is 2.30. The fourth-order valence-electron chi connectivity index (χ4n) is 1.64. The SMILES string of the molecule is Cc1ccc(-n2cnc(CC(=O)O)c2)cc1C. The summed E-state index contributed by atoms with van der Waals surface area (Å²) in [7, 11) is 0. The monoisotopic (exact) mass is 230 g/mol. The minimum absolute atomic E-state index is 0.0438. The Morgan fingerprint density at radius 3 is 2.76 bits per heavy atom. The number of imidazole rings is 1. The number of benzene rings is 1. The highest BCUT2D eigenvalue weighted by Gasteiger charge is 2.05. The van der Waals surface area contributed by atoms with Crippen LogP contribution in [0.5, 0.6) is 0 Å². The molecule has 2 rings (SSSR count). The second-order valence-electron chi connectivity index (χ2n) is 4.11. The molecule has 0 aliphatic carbocycles. The molecule has 1 heterocycles. The van der Waals surface area contributed by atoms with E-state index in [2.05, 4.69) is 18.0 Å². The van der Waals surface area contributed by atoms with Crippen LogP contribution in [0.1, 0.15) is 16.8 Å². The molecule has 1 aromatic heterocycles. The molecule has 0 aliphatic heterocycles. The Kier molecular flexibility index (Phi) is 2.95. The molecular weight excluding hydrogens is 216 g/mol. The molecule has 4 heteroatoms. The van der Waals surface area contributed by atoms with E-state index in [0.29, 0.717) is 5.69 Å².